The molecule has 0 amide bonds. The van der Waals surface area contributed by atoms with Crippen molar-refractivity contribution in [1.82, 2.24) is 14.5 Å². The van der Waals surface area contributed by atoms with Gasteiger partial charge < -0.3 is 25.1 Å². The second-order valence-corrected chi connectivity index (χ2v) is 7.28. The van der Waals surface area contributed by atoms with Crippen molar-refractivity contribution in [2.45, 2.75) is 31.8 Å². The van der Waals surface area contributed by atoms with Gasteiger partial charge in [-0.2, -0.15) is 0 Å². The third-order valence-corrected chi connectivity index (χ3v) is 5.69. The number of hydrogen-bond donors (Lipinski definition) is 2. The van der Waals surface area contributed by atoms with Crippen LogP contribution in [0.3, 0.4) is 0 Å². The first-order valence-electron chi connectivity index (χ1n) is 9.69. The topological polar surface area (TPSA) is 87.2 Å². The predicted octanol–water partition coefficient (Wildman–Crippen LogP) is 3.36. The molecule has 1 aliphatic rings. The summed E-state index contributed by atoms with van der Waals surface area (Å²) in [4.78, 5) is 9.01. The Hall–Kier alpha value is -2.80. The molecular formula is C21H27N5O2. The molecule has 1 aliphatic carbocycles. The quantitative estimate of drug-likeness (QED) is 0.653. The van der Waals surface area contributed by atoms with Gasteiger partial charge in [-0.15, -0.1) is 0 Å². The Balaban J connectivity index is 1.55. The second kappa shape index (κ2) is 8.06. The van der Waals surface area contributed by atoms with E-state index in [-0.39, 0.29) is 0 Å². The number of ether oxygens (including phenoxy) is 2. The molecule has 0 aliphatic heterocycles. The van der Waals surface area contributed by atoms with Crippen LogP contribution < -0.4 is 20.5 Å². The molecule has 3 N–H and O–H groups in total. The van der Waals surface area contributed by atoms with Gasteiger partial charge in [0.15, 0.2) is 0 Å². The zero-order valence-electron chi connectivity index (χ0n) is 16.4. The van der Waals surface area contributed by atoms with Gasteiger partial charge in [0.25, 0.3) is 0 Å². The molecule has 7 nitrogen and oxygen atoms in total. The minimum Gasteiger partial charge on any atom is -0.497 e. The van der Waals surface area contributed by atoms with Crippen LogP contribution in [-0.2, 0) is 6.54 Å². The SMILES string of the molecule is COc1ccc(CNc2ncnc3c2ccn3C2CCC(CN)C2)c(OC)c1. The van der Waals surface area contributed by atoms with Crippen LogP contribution in [0.1, 0.15) is 30.9 Å². The lowest BCUT2D eigenvalue weighted by atomic mass is 10.1. The van der Waals surface area contributed by atoms with Crippen LogP contribution in [0.25, 0.3) is 11.0 Å². The van der Waals surface area contributed by atoms with E-state index in [0.29, 0.717) is 18.5 Å². The number of nitrogens with one attached hydrogen (secondary N) is 1. The molecule has 7 heteroatoms. The van der Waals surface area contributed by atoms with Crippen LogP contribution in [-0.4, -0.2) is 35.3 Å². The van der Waals surface area contributed by atoms with Gasteiger partial charge in [0.2, 0.25) is 0 Å². The zero-order valence-corrected chi connectivity index (χ0v) is 16.4. The van der Waals surface area contributed by atoms with E-state index in [9.17, 15) is 0 Å². The van der Waals surface area contributed by atoms with Crippen LogP contribution in [0.15, 0.2) is 36.8 Å². The maximum atomic E-state index is 5.86. The third-order valence-electron chi connectivity index (χ3n) is 5.69. The minimum absolute atomic E-state index is 0.468. The van der Waals surface area contributed by atoms with Gasteiger partial charge in [-0.3, -0.25) is 0 Å². The standard InChI is InChI=1S/C21H27N5O2/c1-27-17-6-4-15(19(10-17)28-2)12-23-20-18-7-8-26(21(18)25-13-24-20)16-5-3-14(9-16)11-22/h4,6-8,10,13-14,16H,3,5,9,11-12,22H2,1-2H3,(H,23,24,25). The average Bonchev–Trinajstić information content (AvgIpc) is 3.38. The predicted molar refractivity (Wildman–Crippen MR) is 110 cm³/mol. The Morgan fingerprint density at radius 1 is 1.18 bits per heavy atom. The van der Waals surface area contributed by atoms with Gasteiger partial charge in [0, 0.05) is 30.4 Å². The van der Waals surface area contributed by atoms with Gasteiger partial charge in [0.05, 0.1) is 19.6 Å². The molecule has 0 spiro atoms. The molecule has 0 saturated heterocycles. The molecule has 2 atom stereocenters. The van der Waals surface area contributed by atoms with Crippen molar-refractivity contribution >= 4 is 16.9 Å². The lowest BCUT2D eigenvalue weighted by molar-refractivity contribution is 0.391. The van der Waals surface area contributed by atoms with Gasteiger partial charge in [-0.25, -0.2) is 9.97 Å². The first-order valence-corrected chi connectivity index (χ1v) is 9.69. The number of methoxy groups -OCH3 is 2. The number of benzene rings is 1. The molecule has 4 rings (SSSR count). The number of fused-ring (bicyclic) bond motifs is 1. The molecule has 1 aromatic carbocycles. The molecular weight excluding hydrogens is 354 g/mol. The van der Waals surface area contributed by atoms with Gasteiger partial charge in [-0.1, -0.05) is 0 Å². The Bertz CT molecular complexity index is 955. The number of hydrogen-bond acceptors (Lipinski definition) is 6. The van der Waals surface area contributed by atoms with E-state index in [2.05, 4.69) is 32.1 Å². The Kier molecular flexibility index (Phi) is 5.34. The molecule has 2 heterocycles. The molecule has 3 aromatic rings. The number of nitrogens with two attached hydrogens (primary N) is 1. The Labute approximate surface area is 164 Å². The fourth-order valence-electron chi connectivity index (χ4n) is 4.10. The van der Waals surface area contributed by atoms with Crippen LogP contribution in [0.5, 0.6) is 11.5 Å². The smallest absolute Gasteiger partial charge is 0.145 e. The molecule has 2 unspecified atom stereocenters. The van der Waals surface area contributed by atoms with E-state index >= 15 is 0 Å². The van der Waals surface area contributed by atoms with E-state index < -0.39 is 0 Å². The maximum absolute atomic E-state index is 5.86. The Morgan fingerprint density at radius 2 is 2.07 bits per heavy atom. The van der Waals surface area contributed by atoms with Crippen molar-refractivity contribution in [3.63, 3.8) is 0 Å². The number of nitrogens with zero attached hydrogens (tertiary/aromatic N) is 3. The molecule has 1 saturated carbocycles. The summed E-state index contributed by atoms with van der Waals surface area (Å²) in [6.07, 6.45) is 7.22. The summed E-state index contributed by atoms with van der Waals surface area (Å²) in [5.41, 5.74) is 7.87. The summed E-state index contributed by atoms with van der Waals surface area (Å²) in [6, 6.07) is 8.38. The molecule has 28 heavy (non-hydrogen) atoms. The van der Waals surface area contributed by atoms with E-state index in [4.69, 9.17) is 15.2 Å². The molecule has 0 radical (unpaired) electrons. The summed E-state index contributed by atoms with van der Waals surface area (Å²) < 4.78 is 13.0. The maximum Gasteiger partial charge on any atom is 0.145 e. The first-order chi connectivity index (χ1) is 13.7. The lowest BCUT2D eigenvalue weighted by Gasteiger charge is -2.14. The van der Waals surface area contributed by atoms with Gasteiger partial charge in [0.1, 0.15) is 29.3 Å². The highest BCUT2D eigenvalue weighted by Gasteiger charge is 2.26. The normalized spacial score (nSPS) is 19.1. The van der Waals surface area contributed by atoms with Crippen LogP contribution in [0.2, 0.25) is 0 Å². The number of anilines is 1. The Morgan fingerprint density at radius 3 is 2.82 bits per heavy atom. The van der Waals surface area contributed by atoms with Crippen LogP contribution in [0.4, 0.5) is 5.82 Å². The van der Waals surface area contributed by atoms with E-state index in [1.165, 1.54) is 6.42 Å². The van der Waals surface area contributed by atoms with Gasteiger partial charge >= 0.3 is 0 Å². The molecule has 0 bridgehead atoms. The molecule has 148 valence electrons. The summed E-state index contributed by atoms with van der Waals surface area (Å²) in [6.45, 7) is 1.37. The molecule has 2 aromatic heterocycles. The van der Waals surface area contributed by atoms with Crippen molar-refractivity contribution in [2.75, 3.05) is 26.1 Å². The van der Waals surface area contributed by atoms with E-state index in [0.717, 1.165) is 53.3 Å². The highest BCUT2D eigenvalue weighted by Crippen LogP contribution is 2.36. The highest BCUT2D eigenvalue weighted by atomic mass is 16.5. The van der Waals surface area contributed by atoms with Crippen LogP contribution >= 0.6 is 0 Å². The zero-order chi connectivity index (χ0) is 19.5. The largest absolute Gasteiger partial charge is 0.497 e. The number of aromatic nitrogens is 3. The highest BCUT2D eigenvalue weighted by molar-refractivity contribution is 5.87. The summed E-state index contributed by atoms with van der Waals surface area (Å²) in [5, 5.41) is 4.47. The van der Waals surface area contributed by atoms with E-state index in [1.807, 2.05) is 18.2 Å². The first kappa shape index (κ1) is 18.6. The summed E-state index contributed by atoms with van der Waals surface area (Å²) in [7, 11) is 3.31. The average molecular weight is 381 g/mol. The molecule has 1 fully saturated rings. The van der Waals surface area contributed by atoms with Gasteiger partial charge in [-0.05, 0) is 49.9 Å². The lowest BCUT2D eigenvalue weighted by Crippen LogP contribution is -2.12. The van der Waals surface area contributed by atoms with Crippen molar-refractivity contribution in [3.8, 4) is 11.5 Å². The van der Waals surface area contributed by atoms with Crippen molar-refractivity contribution in [2.24, 2.45) is 11.7 Å². The second-order valence-electron chi connectivity index (χ2n) is 7.28. The summed E-state index contributed by atoms with van der Waals surface area (Å²) in [5.74, 6) is 3.00. The van der Waals surface area contributed by atoms with Crippen molar-refractivity contribution in [1.29, 1.82) is 0 Å². The van der Waals surface area contributed by atoms with E-state index in [1.54, 1.807) is 20.5 Å². The monoisotopic (exact) mass is 381 g/mol. The van der Waals surface area contributed by atoms with Crippen molar-refractivity contribution < 1.29 is 9.47 Å². The minimum atomic E-state index is 0.468. The van der Waals surface area contributed by atoms with Crippen LogP contribution in [0, 0.1) is 5.92 Å². The van der Waals surface area contributed by atoms with Crippen molar-refractivity contribution in [3.05, 3.63) is 42.4 Å². The number of rotatable bonds is 7. The fourth-order valence-corrected chi connectivity index (χ4v) is 4.10. The fraction of sp³-hybridized carbons (Fsp3) is 0.429. The summed E-state index contributed by atoms with van der Waals surface area (Å²) >= 11 is 0. The third kappa shape index (κ3) is 3.49.